The van der Waals surface area contributed by atoms with Crippen molar-refractivity contribution in [1.82, 2.24) is 25.1 Å². The van der Waals surface area contributed by atoms with Crippen molar-refractivity contribution >= 4 is 17.1 Å². The van der Waals surface area contributed by atoms with E-state index in [1.165, 1.54) is 5.56 Å². The van der Waals surface area contributed by atoms with Crippen molar-refractivity contribution in [2.45, 2.75) is 40.4 Å². The van der Waals surface area contributed by atoms with Crippen molar-refractivity contribution < 1.29 is 4.79 Å². The molecule has 0 atom stereocenters. The molecule has 2 aromatic carbocycles. The van der Waals surface area contributed by atoms with Crippen LogP contribution in [0.15, 0.2) is 48.5 Å². The fourth-order valence-corrected chi connectivity index (χ4v) is 3.47. The fourth-order valence-electron chi connectivity index (χ4n) is 3.47. The molecule has 154 valence electrons. The molecule has 6 heteroatoms. The second-order valence-electron chi connectivity index (χ2n) is 7.19. The predicted molar refractivity (Wildman–Crippen MR) is 118 cm³/mol. The van der Waals surface area contributed by atoms with E-state index in [1.54, 1.807) is 0 Å². The smallest absolute Gasteiger partial charge is 0.315 e. The Labute approximate surface area is 172 Å². The molecule has 1 heterocycles. The number of carbonyl (C=O) groups excluding carboxylic acids is 1. The van der Waals surface area contributed by atoms with Crippen LogP contribution in [0.25, 0.3) is 11.0 Å². The van der Waals surface area contributed by atoms with Crippen LogP contribution in [-0.2, 0) is 19.6 Å². The number of benzene rings is 2. The standard InChI is InChI=1S/C23H31N5O/c1-4-27(5-2)17-20-12-10-19(11-13-20)16-25-23(29)24-14-15-28-18(3)26-21-8-6-7-9-22(21)28/h6-13H,4-5,14-17H2,1-3H3,(H2,24,25,29). The number of nitrogens with zero attached hydrogens (tertiary/aromatic N) is 3. The van der Waals surface area contributed by atoms with E-state index in [4.69, 9.17) is 0 Å². The highest BCUT2D eigenvalue weighted by Gasteiger charge is 2.07. The summed E-state index contributed by atoms with van der Waals surface area (Å²) in [5.41, 5.74) is 4.47. The van der Waals surface area contributed by atoms with Crippen molar-refractivity contribution in [3.8, 4) is 0 Å². The highest BCUT2D eigenvalue weighted by Crippen LogP contribution is 2.14. The van der Waals surface area contributed by atoms with Gasteiger partial charge in [0.1, 0.15) is 5.82 Å². The minimum atomic E-state index is -0.153. The molecule has 1 aromatic heterocycles. The SMILES string of the molecule is CCN(CC)Cc1ccc(CNC(=O)NCCn2c(C)nc3ccccc32)cc1. The number of hydrogen-bond acceptors (Lipinski definition) is 3. The maximum Gasteiger partial charge on any atom is 0.315 e. The fraction of sp³-hybridized carbons (Fsp3) is 0.391. The molecular formula is C23H31N5O. The van der Waals surface area contributed by atoms with Gasteiger partial charge >= 0.3 is 6.03 Å². The number of urea groups is 1. The Morgan fingerprint density at radius 2 is 1.69 bits per heavy atom. The summed E-state index contributed by atoms with van der Waals surface area (Å²) in [6.07, 6.45) is 0. The quantitative estimate of drug-likeness (QED) is 0.583. The van der Waals surface area contributed by atoms with Crippen molar-refractivity contribution in [3.63, 3.8) is 0 Å². The normalized spacial score (nSPS) is 11.2. The van der Waals surface area contributed by atoms with Crippen molar-refractivity contribution in [1.29, 1.82) is 0 Å². The number of rotatable bonds is 9. The van der Waals surface area contributed by atoms with E-state index in [2.05, 4.69) is 69.3 Å². The zero-order chi connectivity index (χ0) is 20.6. The summed E-state index contributed by atoms with van der Waals surface area (Å²) >= 11 is 0. The maximum atomic E-state index is 12.1. The number of fused-ring (bicyclic) bond motifs is 1. The van der Waals surface area contributed by atoms with Gasteiger partial charge in [-0.1, -0.05) is 50.2 Å². The van der Waals surface area contributed by atoms with Crippen molar-refractivity contribution in [2.24, 2.45) is 0 Å². The molecule has 2 amide bonds. The van der Waals surface area contributed by atoms with Gasteiger partial charge in [-0.15, -0.1) is 0 Å². The zero-order valence-electron chi connectivity index (χ0n) is 17.6. The third-order valence-electron chi connectivity index (χ3n) is 5.24. The lowest BCUT2D eigenvalue weighted by molar-refractivity contribution is 0.240. The lowest BCUT2D eigenvalue weighted by Crippen LogP contribution is -2.36. The second kappa shape index (κ2) is 10.1. The number of hydrogen-bond donors (Lipinski definition) is 2. The molecule has 3 rings (SSSR count). The lowest BCUT2D eigenvalue weighted by Gasteiger charge is -2.18. The number of carbonyl (C=O) groups is 1. The van der Waals surface area contributed by atoms with E-state index in [1.807, 2.05) is 25.1 Å². The van der Waals surface area contributed by atoms with Crippen LogP contribution in [0.5, 0.6) is 0 Å². The van der Waals surface area contributed by atoms with Crippen LogP contribution in [0.4, 0.5) is 4.79 Å². The molecule has 0 aliphatic heterocycles. The van der Waals surface area contributed by atoms with Gasteiger partial charge in [0.2, 0.25) is 0 Å². The summed E-state index contributed by atoms with van der Waals surface area (Å²) in [7, 11) is 0. The molecule has 0 aliphatic rings. The molecule has 2 N–H and O–H groups in total. The van der Waals surface area contributed by atoms with E-state index >= 15 is 0 Å². The number of imidazole rings is 1. The number of para-hydroxylation sites is 2. The van der Waals surface area contributed by atoms with E-state index in [9.17, 15) is 4.79 Å². The first-order valence-corrected chi connectivity index (χ1v) is 10.3. The Balaban J connectivity index is 1.43. The average molecular weight is 394 g/mol. The summed E-state index contributed by atoms with van der Waals surface area (Å²) in [4.78, 5) is 19.1. The van der Waals surface area contributed by atoms with E-state index < -0.39 is 0 Å². The molecule has 0 aliphatic carbocycles. The predicted octanol–water partition coefficient (Wildman–Crippen LogP) is 3.69. The summed E-state index contributed by atoms with van der Waals surface area (Å²) in [6, 6.07) is 16.3. The molecule has 3 aromatic rings. The van der Waals surface area contributed by atoms with Crippen LogP contribution in [-0.4, -0.2) is 40.1 Å². The zero-order valence-corrected chi connectivity index (χ0v) is 17.6. The third-order valence-corrected chi connectivity index (χ3v) is 5.24. The van der Waals surface area contributed by atoms with Gasteiger partial charge in [0.05, 0.1) is 11.0 Å². The van der Waals surface area contributed by atoms with Crippen LogP contribution < -0.4 is 10.6 Å². The first-order chi connectivity index (χ1) is 14.1. The number of aryl methyl sites for hydroxylation is 1. The molecule has 0 spiro atoms. The summed E-state index contributed by atoms with van der Waals surface area (Å²) in [5.74, 6) is 0.957. The lowest BCUT2D eigenvalue weighted by atomic mass is 10.1. The molecule has 0 fully saturated rings. The minimum Gasteiger partial charge on any atom is -0.336 e. The Hall–Kier alpha value is -2.86. The monoisotopic (exact) mass is 393 g/mol. The van der Waals surface area contributed by atoms with Gasteiger partial charge in [-0.05, 0) is 43.3 Å². The first-order valence-electron chi connectivity index (χ1n) is 10.3. The largest absolute Gasteiger partial charge is 0.336 e. The maximum absolute atomic E-state index is 12.1. The molecule has 0 saturated heterocycles. The van der Waals surface area contributed by atoms with Gasteiger partial charge in [-0.2, -0.15) is 0 Å². The van der Waals surface area contributed by atoms with Crippen LogP contribution in [0.3, 0.4) is 0 Å². The van der Waals surface area contributed by atoms with E-state index in [0.717, 1.165) is 42.1 Å². The topological polar surface area (TPSA) is 62.2 Å². The van der Waals surface area contributed by atoms with Gasteiger partial charge in [-0.25, -0.2) is 9.78 Å². The molecule has 0 radical (unpaired) electrons. The van der Waals surface area contributed by atoms with Gasteiger partial charge < -0.3 is 15.2 Å². The number of amides is 2. The third kappa shape index (κ3) is 5.57. The van der Waals surface area contributed by atoms with Crippen LogP contribution in [0.2, 0.25) is 0 Å². The molecule has 0 bridgehead atoms. The summed E-state index contributed by atoms with van der Waals surface area (Å²) < 4.78 is 2.13. The van der Waals surface area contributed by atoms with Crippen LogP contribution in [0, 0.1) is 6.92 Å². The minimum absolute atomic E-state index is 0.153. The van der Waals surface area contributed by atoms with Gasteiger partial charge in [0.15, 0.2) is 0 Å². The van der Waals surface area contributed by atoms with Crippen LogP contribution >= 0.6 is 0 Å². The first kappa shape index (κ1) is 20.9. The van der Waals surface area contributed by atoms with E-state index in [0.29, 0.717) is 19.6 Å². The second-order valence-corrected chi connectivity index (χ2v) is 7.19. The highest BCUT2D eigenvalue weighted by molar-refractivity contribution is 5.76. The number of nitrogens with one attached hydrogen (secondary N) is 2. The molecule has 0 saturated carbocycles. The Kier molecular flexibility index (Phi) is 7.25. The molecular weight excluding hydrogens is 362 g/mol. The van der Waals surface area contributed by atoms with Gasteiger partial charge in [0.25, 0.3) is 0 Å². The van der Waals surface area contributed by atoms with Gasteiger partial charge in [-0.3, -0.25) is 4.90 Å². The highest BCUT2D eigenvalue weighted by atomic mass is 16.2. The Morgan fingerprint density at radius 3 is 2.41 bits per heavy atom. The summed E-state index contributed by atoms with van der Waals surface area (Å²) in [6.45, 7) is 11.2. The Morgan fingerprint density at radius 1 is 1.00 bits per heavy atom. The van der Waals surface area contributed by atoms with E-state index in [-0.39, 0.29) is 6.03 Å². The number of aromatic nitrogens is 2. The average Bonchev–Trinajstić information content (AvgIpc) is 3.06. The van der Waals surface area contributed by atoms with Crippen molar-refractivity contribution in [3.05, 3.63) is 65.5 Å². The molecule has 29 heavy (non-hydrogen) atoms. The summed E-state index contributed by atoms with van der Waals surface area (Å²) in [5, 5.41) is 5.86. The van der Waals surface area contributed by atoms with Crippen molar-refractivity contribution in [2.75, 3.05) is 19.6 Å². The Bertz CT molecular complexity index is 928. The molecule has 0 unspecified atom stereocenters. The molecule has 6 nitrogen and oxygen atoms in total. The van der Waals surface area contributed by atoms with Crippen LogP contribution in [0.1, 0.15) is 30.8 Å². The van der Waals surface area contributed by atoms with Gasteiger partial charge in [0, 0.05) is 26.2 Å².